The molecular formula is C18H25ClN6O2. The number of hydrogen-bond acceptors (Lipinski definition) is 6. The molecular weight excluding hydrogens is 368 g/mol. The summed E-state index contributed by atoms with van der Waals surface area (Å²) in [5.74, 6) is 2.90. The van der Waals surface area contributed by atoms with Gasteiger partial charge in [0.05, 0.1) is 6.54 Å². The minimum absolute atomic E-state index is 0.499. The smallest absolute Gasteiger partial charge is 0.223 e. The van der Waals surface area contributed by atoms with E-state index in [4.69, 9.17) is 20.9 Å². The molecule has 1 saturated heterocycles. The number of guanidine groups is 1. The lowest BCUT2D eigenvalue weighted by atomic mass is 10.3. The molecule has 9 heteroatoms. The molecule has 2 heterocycles. The summed E-state index contributed by atoms with van der Waals surface area (Å²) in [5, 5.41) is 7.90. The second-order valence-corrected chi connectivity index (χ2v) is 6.70. The number of aryl methyl sites for hydroxylation is 1. The number of halogens is 1. The maximum absolute atomic E-state index is 5.88. The van der Waals surface area contributed by atoms with Crippen molar-refractivity contribution in [2.24, 2.45) is 4.99 Å². The molecule has 0 radical (unpaired) electrons. The number of nitrogens with one attached hydrogen (secondary N) is 1. The summed E-state index contributed by atoms with van der Waals surface area (Å²) in [6, 6.07) is 7.45. The van der Waals surface area contributed by atoms with Crippen LogP contribution in [0.5, 0.6) is 5.75 Å². The largest absolute Gasteiger partial charge is 0.492 e. The first-order chi connectivity index (χ1) is 13.1. The number of nitrogens with zero attached hydrogens (tertiary/aromatic N) is 5. The van der Waals surface area contributed by atoms with Crippen LogP contribution in [0.15, 0.2) is 33.8 Å². The normalized spacial score (nSPS) is 15.8. The quantitative estimate of drug-likeness (QED) is 0.593. The van der Waals surface area contributed by atoms with Gasteiger partial charge in [0.15, 0.2) is 11.8 Å². The van der Waals surface area contributed by atoms with Crippen LogP contribution in [0.3, 0.4) is 0 Å². The average Bonchev–Trinajstić information content (AvgIpc) is 3.10. The third-order valence-corrected chi connectivity index (χ3v) is 4.60. The van der Waals surface area contributed by atoms with E-state index < -0.39 is 0 Å². The summed E-state index contributed by atoms with van der Waals surface area (Å²) >= 11 is 5.88. The van der Waals surface area contributed by atoms with Crippen LogP contribution in [0.1, 0.15) is 11.7 Å². The highest BCUT2D eigenvalue weighted by Crippen LogP contribution is 2.15. The Kier molecular flexibility index (Phi) is 6.89. The van der Waals surface area contributed by atoms with E-state index in [0.29, 0.717) is 24.9 Å². The molecule has 0 bridgehead atoms. The zero-order valence-corrected chi connectivity index (χ0v) is 16.4. The minimum atomic E-state index is 0.499. The van der Waals surface area contributed by atoms with E-state index in [1.165, 1.54) is 0 Å². The highest BCUT2D eigenvalue weighted by Gasteiger charge is 2.19. The first-order valence-electron chi connectivity index (χ1n) is 8.99. The third-order valence-electron chi connectivity index (χ3n) is 4.35. The maximum Gasteiger partial charge on any atom is 0.223 e. The molecule has 0 saturated carbocycles. The molecule has 1 fully saturated rings. The van der Waals surface area contributed by atoms with Gasteiger partial charge in [0.25, 0.3) is 0 Å². The Bertz CT molecular complexity index is 741. The Morgan fingerprint density at radius 1 is 1.26 bits per heavy atom. The highest BCUT2D eigenvalue weighted by molar-refractivity contribution is 6.30. The molecule has 0 amide bonds. The molecule has 1 aromatic heterocycles. The van der Waals surface area contributed by atoms with Crippen LogP contribution in [0.25, 0.3) is 0 Å². The molecule has 2 aromatic rings. The molecule has 0 aliphatic carbocycles. The standard InChI is InChI=1S/C18H25ClN6O2/c1-14-22-17(23-27-14)13-21-18(20-2)25-9-7-24(8-10-25)11-12-26-16-5-3-15(19)4-6-16/h3-6H,7-13H2,1-2H3,(H,20,21). The lowest BCUT2D eigenvalue weighted by Crippen LogP contribution is -2.52. The van der Waals surface area contributed by atoms with E-state index in [2.05, 4.69) is 30.2 Å². The van der Waals surface area contributed by atoms with E-state index >= 15 is 0 Å². The Morgan fingerprint density at radius 2 is 2.00 bits per heavy atom. The Hall–Kier alpha value is -2.32. The average molecular weight is 393 g/mol. The summed E-state index contributed by atoms with van der Waals surface area (Å²) in [6.07, 6.45) is 0. The fourth-order valence-electron chi connectivity index (χ4n) is 2.91. The Labute approximate surface area is 164 Å². The topological polar surface area (TPSA) is 79.0 Å². The van der Waals surface area contributed by atoms with Gasteiger partial charge < -0.3 is 19.5 Å². The molecule has 1 N–H and O–H groups in total. The zero-order valence-electron chi connectivity index (χ0n) is 15.7. The summed E-state index contributed by atoms with van der Waals surface area (Å²) in [5.41, 5.74) is 0. The molecule has 1 aliphatic heterocycles. The van der Waals surface area contributed by atoms with Crippen molar-refractivity contribution >= 4 is 17.6 Å². The van der Waals surface area contributed by atoms with Gasteiger partial charge in [-0.1, -0.05) is 16.8 Å². The molecule has 0 atom stereocenters. The number of benzene rings is 1. The second kappa shape index (κ2) is 9.57. The van der Waals surface area contributed by atoms with Gasteiger partial charge in [-0.25, -0.2) is 0 Å². The fourth-order valence-corrected chi connectivity index (χ4v) is 3.04. The molecule has 8 nitrogen and oxygen atoms in total. The summed E-state index contributed by atoms with van der Waals surface area (Å²) < 4.78 is 10.8. The van der Waals surface area contributed by atoms with Crippen LogP contribution in [0, 0.1) is 6.92 Å². The highest BCUT2D eigenvalue weighted by atomic mass is 35.5. The lowest BCUT2D eigenvalue weighted by molar-refractivity contribution is 0.152. The number of hydrogen-bond donors (Lipinski definition) is 1. The van der Waals surface area contributed by atoms with Gasteiger partial charge in [-0.15, -0.1) is 0 Å². The van der Waals surface area contributed by atoms with E-state index in [9.17, 15) is 0 Å². The number of aromatic nitrogens is 2. The van der Waals surface area contributed by atoms with Gasteiger partial charge in [0.2, 0.25) is 5.89 Å². The van der Waals surface area contributed by atoms with E-state index in [0.717, 1.165) is 49.5 Å². The molecule has 1 aliphatic rings. The van der Waals surface area contributed by atoms with Crippen molar-refractivity contribution in [2.75, 3.05) is 46.4 Å². The Morgan fingerprint density at radius 3 is 2.63 bits per heavy atom. The van der Waals surface area contributed by atoms with Crippen molar-refractivity contribution in [3.63, 3.8) is 0 Å². The summed E-state index contributed by atoms with van der Waals surface area (Å²) in [7, 11) is 1.79. The first-order valence-corrected chi connectivity index (χ1v) is 9.37. The van der Waals surface area contributed by atoms with Crippen molar-refractivity contribution in [3.05, 3.63) is 41.0 Å². The van der Waals surface area contributed by atoms with Crippen LogP contribution in [0.4, 0.5) is 0 Å². The molecule has 27 heavy (non-hydrogen) atoms. The van der Waals surface area contributed by atoms with E-state index in [1.807, 2.05) is 24.3 Å². The lowest BCUT2D eigenvalue weighted by Gasteiger charge is -2.36. The SMILES string of the molecule is CN=C(NCc1noc(C)n1)N1CCN(CCOc2ccc(Cl)cc2)CC1. The van der Waals surface area contributed by atoms with Crippen LogP contribution in [0.2, 0.25) is 5.02 Å². The van der Waals surface area contributed by atoms with Crippen LogP contribution >= 0.6 is 11.6 Å². The maximum atomic E-state index is 5.88. The third kappa shape index (κ3) is 5.83. The van der Waals surface area contributed by atoms with Gasteiger partial charge in [-0.3, -0.25) is 9.89 Å². The van der Waals surface area contributed by atoms with Gasteiger partial charge in [-0.05, 0) is 24.3 Å². The van der Waals surface area contributed by atoms with Gasteiger partial charge in [0, 0.05) is 51.7 Å². The number of aliphatic imine (C=N–C) groups is 1. The van der Waals surface area contributed by atoms with Crippen LogP contribution in [-0.4, -0.2) is 72.3 Å². The fraction of sp³-hybridized carbons (Fsp3) is 0.500. The van der Waals surface area contributed by atoms with Crippen molar-refractivity contribution in [1.82, 2.24) is 25.3 Å². The zero-order chi connectivity index (χ0) is 19.1. The van der Waals surface area contributed by atoms with Gasteiger partial charge >= 0.3 is 0 Å². The monoisotopic (exact) mass is 392 g/mol. The van der Waals surface area contributed by atoms with Crippen molar-refractivity contribution in [1.29, 1.82) is 0 Å². The van der Waals surface area contributed by atoms with Gasteiger partial charge in [0.1, 0.15) is 12.4 Å². The van der Waals surface area contributed by atoms with Gasteiger partial charge in [-0.2, -0.15) is 4.98 Å². The summed E-state index contributed by atoms with van der Waals surface area (Å²) in [6.45, 7) is 7.58. The predicted octanol–water partition coefficient (Wildman–Crippen LogP) is 1.80. The number of ether oxygens (including phenoxy) is 1. The first kappa shape index (κ1) is 19.4. The molecule has 1 aromatic carbocycles. The number of rotatable bonds is 6. The molecule has 0 unspecified atom stereocenters. The van der Waals surface area contributed by atoms with Crippen LogP contribution in [-0.2, 0) is 6.54 Å². The van der Waals surface area contributed by atoms with E-state index in [-0.39, 0.29) is 0 Å². The summed E-state index contributed by atoms with van der Waals surface area (Å²) in [4.78, 5) is 13.2. The molecule has 0 spiro atoms. The van der Waals surface area contributed by atoms with Crippen molar-refractivity contribution in [2.45, 2.75) is 13.5 Å². The number of piperazine rings is 1. The minimum Gasteiger partial charge on any atom is -0.492 e. The molecule has 146 valence electrons. The van der Waals surface area contributed by atoms with Crippen molar-refractivity contribution in [3.8, 4) is 5.75 Å². The van der Waals surface area contributed by atoms with E-state index in [1.54, 1.807) is 14.0 Å². The predicted molar refractivity (Wildman–Crippen MR) is 104 cm³/mol. The second-order valence-electron chi connectivity index (χ2n) is 6.26. The van der Waals surface area contributed by atoms with Crippen molar-refractivity contribution < 1.29 is 9.26 Å². The van der Waals surface area contributed by atoms with Crippen LogP contribution < -0.4 is 10.1 Å². The molecule has 3 rings (SSSR count). The Balaban J connectivity index is 1.37.